The summed E-state index contributed by atoms with van der Waals surface area (Å²) in [6.07, 6.45) is -0.918. The molecule has 1 saturated heterocycles. The maximum atomic E-state index is 13.7. The van der Waals surface area contributed by atoms with Gasteiger partial charge in [0.1, 0.15) is 18.0 Å². The van der Waals surface area contributed by atoms with Crippen LogP contribution in [0.25, 0.3) is 22.6 Å². The first-order chi connectivity index (χ1) is 17.9. The van der Waals surface area contributed by atoms with E-state index in [1.807, 2.05) is 0 Å². The van der Waals surface area contributed by atoms with Gasteiger partial charge in [-0.3, -0.25) is 14.3 Å². The zero-order valence-electron chi connectivity index (χ0n) is 19.5. The van der Waals surface area contributed by atoms with Crippen LogP contribution in [0.5, 0.6) is 0 Å². The molecule has 37 heavy (non-hydrogen) atoms. The number of benzene rings is 1. The third-order valence-corrected chi connectivity index (χ3v) is 6.06. The van der Waals surface area contributed by atoms with Gasteiger partial charge in [0.05, 0.1) is 11.3 Å². The fraction of sp³-hybridized carbons (Fsp3) is 0.292. The molecule has 4 aromatic rings. The number of ether oxygens (including phenoxy) is 1. The highest BCUT2D eigenvalue weighted by molar-refractivity contribution is 6.30. The van der Waals surface area contributed by atoms with E-state index in [0.717, 1.165) is 0 Å². The van der Waals surface area contributed by atoms with Crippen molar-refractivity contribution in [2.75, 3.05) is 11.9 Å². The van der Waals surface area contributed by atoms with E-state index in [-0.39, 0.29) is 23.8 Å². The van der Waals surface area contributed by atoms with E-state index in [4.69, 9.17) is 16.3 Å². The maximum absolute atomic E-state index is 13.7. The van der Waals surface area contributed by atoms with Gasteiger partial charge in [0.2, 0.25) is 0 Å². The first-order valence-corrected chi connectivity index (χ1v) is 11.9. The number of carbonyl (C=O) groups excluding carboxylic acids is 1. The molecular formula is C24H23ClFN7O4. The Morgan fingerprint density at radius 2 is 2.05 bits per heavy atom. The number of pyridine rings is 1. The van der Waals surface area contributed by atoms with E-state index >= 15 is 0 Å². The van der Waals surface area contributed by atoms with Crippen LogP contribution in [0.4, 0.5) is 10.2 Å². The molecule has 0 aliphatic carbocycles. The normalized spacial score (nSPS) is 21.3. The molecule has 13 heteroatoms. The van der Waals surface area contributed by atoms with Gasteiger partial charge in [-0.1, -0.05) is 23.7 Å². The summed E-state index contributed by atoms with van der Waals surface area (Å²) in [7, 11) is 0. The van der Waals surface area contributed by atoms with E-state index in [1.54, 1.807) is 31.3 Å². The summed E-state index contributed by atoms with van der Waals surface area (Å²) >= 11 is 6.12. The van der Waals surface area contributed by atoms with E-state index in [2.05, 4.69) is 30.6 Å². The summed E-state index contributed by atoms with van der Waals surface area (Å²) in [5.41, 5.74) is 1.80. The lowest BCUT2D eigenvalue weighted by Gasteiger charge is -2.17. The van der Waals surface area contributed by atoms with Crippen molar-refractivity contribution in [2.24, 2.45) is 0 Å². The lowest BCUT2D eigenvalue weighted by molar-refractivity contribution is -0.137. The van der Waals surface area contributed by atoms with Crippen LogP contribution in [0, 0.1) is 5.82 Å². The van der Waals surface area contributed by atoms with Gasteiger partial charge in [0.15, 0.2) is 35.1 Å². The zero-order valence-corrected chi connectivity index (χ0v) is 20.3. The summed E-state index contributed by atoms with van der Waals surface area (Å²) < 4.78 is 20.9. The maximum Gasteiger partial charge on any atom is 0.252 e. The van der Waals surface area contributed by atoms with Crippen LogP contribution in [0.15, 0.2) is 49.1 Å². The molecule has 192 valence electrons. The predicted molar refractivity (Wildman–Crippen MR) is 132 cm³/mol. The van der Waals surface area contributed by atoms with Crippen LogP contribution in [-0.2, 0) is 16.1 Å². The summed E-state index contributed by atoms with van der Waals surface area (Å²) in [6.45, 7) is 2.31. The number of hydrogen-bond donors (Lipinski definition) is 4. The number of fused-ring (bicyclic) bond motifs is 1. The van der Waals surface area contributed by atoms with E-state index in [1.165, 1.54) is 29.2 Å². The Kier molecular flexibility index (Phi) is 6.98. The first kappa shape index (κ1) is 25.0. The fourth-order valence-electron chi connectivity index (χ4n) is 4.10. The van der Waals surface area contributed by atoms with E-state index in [9.17, 15) is 19.4 Å². The van der Waals surface area contributed by atoms with Gasteiger partial charge < -0.3 is 25.6 Å². The van der Waals surface area contributed by atoms with Crippen molar-refractivity contribution in [2.45, 2.75) is 38.0 Å². The molecule has 4 N–H and O–H groups in total. The number of amides is 1. The van der Waals surface area contributed by atoms with Gasteiger partial charge in [-0.2, -0.15) is 0 Å². The number of anilines is 1. The van der Waals surface area contributed by atoms with Gasteiger partial charge in [0, 0.05) is 31.0 Å². The molecule has 4 atom stereocenters. The number of aromatic nitrogens is 5. The second-order valence-corrected chi connectivity index (χ2v) is 8.85. The number of nitrogens with one attached hydrogen (secondary N) is 2. The van der Waals surface area contributed by atoms with Crippen LogP contribution in [-0.4, -0.2) is 65.5 Å². The van der Waals surface area contributed by atoms with Gasteiger partial charge in [-0.05, 0) is 30.7 Å². The van der Waals surface area contributed by atoms with Crippen molar-refractivity contribution in [3.05, 3.63) is 65.5 Å². The Morgan fingerprint density at radius 3 is 2.81 bits per heavy atom. The highest BCUT2D eigenvalue weighted by Gasteiger charge is 2.47. The van der Waals surface area contributed by atoms with Crippen LogP contribution >= 0.6 is 11.6 Å². The van der Waals surface area contributed by atoms with Crippen molar-refractivity contribution in [3.8, 4) is 11.4 Å². The van der Waals surface area contributed by atoms with Gasteiger partial charge in [0.25, 0.3) is 5.91 Å². The van der Waals surface area contributed by atoms with Crippen molar-refractivity contribution >= 4 is 34.5 Å². The molecule has 3 aromatic heterocycles. The zero-order chi connectivity index (χ0) is 26.1. The number of carbonyl (C=O) groups is 1. The highest BCUT2D eigenvalue weighted by atomic mass is 35.5. The lowest BCUT2D eigenvalue weighted by atomic mass is 10.1. The number of halogens is 2. The Labute approximate surface area is 215 Å². The van der Waals surface area contributed by atoms with Crippen molar-refractivity contribution in [1.29, 1.82) is 0 Å². The van der Waals surface area contributed by atoms with Crippen molar-refractivity contribution < 1.29 is 24.1 Å². The largest absolute Gasteiger partial charge is 0.387 e. The van der Waals surface area contributed by atoms with Gasteiger partial charge >= 0.3 is 0 Å². The van der Waals surface area contributed by atoms with Crippen LogP contribution in [0.2, 0.25) is 5.02 Å². The molecule has 0 bridgehead atoms. The average Bonchev–Trinajstić information content (AvgIpc) is 3.43. The van der Waals surface area contributed by atoms with Crippen LogP contribution in [0.1, 0.15) is 18.7 Å². The van der Waals surface area contributed by atoms with Crippen LogP contribution < -0.4 is 10.6 Å². The molecule has 4 heterocycles. The lowest BCUT2D eigenvalue weighted by Crippen LogP contribution is -2.42. The standard InChI is InChI=1S/C24H23ClFN7O4/c1-2-28-23(36)19-17(34)18(35)24(37-19)33-11-30-16-21(29-8-12-4-3-5-15(26)6-12)31-20(32-22(16)33)13-7-14(25)10-27-9-13/h3-7,9-11,17-19,24,34-35H,2,8H2,1H3,(H,28,36)(H,29,31,32). The fourth-order valence-corrected chi connectivity index (χ4v) is 4.28. The third-order valence-electron chi connectivity index (χ3n) is 5.86. The Hall–Kier alpha value is -3.71. The molecular weight excluding hydrogens is 505 g/mol. The smallest absolute Gasteiger partial charge is 0.252 e. The summed E-state index contributed by atoms with van der Waals surface area (Å²) in [4.78, 5) is 30.0. The molecule has 1 aliphatic rings. The number of aliphatic hydroxyl groups excluding tert-OH is 2. The quantitative estimate of drug-likeness (QED) is 0.283. The minimum absolute atomic E-state index is 0.241. The molecule has 0 radical (unpaired) electrons. The molecule has 0 saturated carbocycles. The molecule has 4 unspecified atom stereocenters. The van der Waals surface area contributed by atoms with E-state index < -0.39 is 30.4 Å². The second kappa shape index (κ2) is 10.3. The Balaban J connectivity index is 1.56. The molecule has 1 amide bonds. The van der Waals surface area contributed by atoms with E-state index in [0.29, 0.717) is 34.0 Å². The summed E-state index contributed by atoms with van der Waals surface area (Å²) in [5, 5.41) is 27.3. The monoisotopic (exact) mass is 527 g/mol. The number of likely N-dealkylation sites (N-methyl/N-ethyl adjacent to an activating group) is 1. The highest BCUT2D eigenvalue weighted by Crippen LogP contribution is 2.34. The second-order valence-electron chi connectivity index (χ2n) is 8.42. The number of rotatable bonds is 7. The number of nitrogens with zero attached hydrogens (tertiary/aromatic N) is 5. The van der Waals surface area contributed by atoms with Gasteiger partial charge in [-0.25, -0.2) is 19.3 Å². The Bertz CT molecular complexity index is 1450. The minimum Gasteiger partial charge on any atom is -0.387 e. The average molecular weight is 528 g/mol. The molecule has 1 aromatic carbocycles. The first-order valence-electron chi connectivity index (χ1n) is 11.5. The third kappa shape index (κ3) is 4.96. The molecule has 1 aliphatic heterocycles. The van der Waals surface area contributed by atoms with Crippen molar-refractivity contribution in [1.82, 2.24) is 29.8 Å². The minimum atomic E-state index is -1.46. The molecule has 0 spiro atoms. The molecule has 11 nitrogen and oxygen atoms in total. The SMILES string of the molecule is CCNC(=O)C1OC(n2cnc3c(NCc4cccc(F)c4)nc(-c4cncc(Cl)c4)nc32)C(O)C1O. The number of imidazole rings is 1. The van der Waals surface area contributed by atoms with Crippen LogP contribution in [0.3, 0.4) is 0 Å². The molecule has 5 rings (SSSR count). The summed E-state index contributed by atoms with van der Waals surface area (Å²) in [6, 6.07) is 7.77. The summed E-state index contributed by atoms with van der Waals surface area (Å²) in [5.74, 6) is -0.330. The Morgan fingerprint density at radius 1 is 1.22 bits per heavy atom. The van der Waals surface area contributed by atoms with Crippen molar-refractivity contribution in [3.63, 3.8) is 0 Å². The molecule has 1 fully saturated rings. The van der Waals surface area contributed by atoms with Gasteiger partial charge in [-0.15, -0.1) is 0 Å². The number of hydrogen-bond acceptors (Lipinski definition) is 9. The topological polar surface area (TPSA) is 147 Å². The number of aliphatic hydroxyl groups is 2. The predicted octanol–water partition coefficient (Wildman–Crippen LogP) is 2.05.